The predicted octanol–water partition coefficient (Wildman–Crippen LogP) is 4.72. The molecule has 3 heterocycles. The lowest BCUT2D eigenvalue weighted by molar-refractivity contribution is -0.0677. The van der Waals surface area contributed by atoms with Gasteiger partial charge < -0.3 is 0 Å². The average Bonchev–Trinajstić information content (AvgIpc) is 3.01. The SMILES string of the molecule is Cc1nc2ccccc2nc1C1=NC(C)(C)C(F)(F)c2ccsc21. The number of hydrogen-bond acceptors (Lipinski definition) is 4. The summed E-state index contributed by atoms with van der Waals surface area (Å²) in [5.41, 5.74) is 1.77. The molecule has 1 aliphatic heterocycles. The highest BCUT2D eigenvalue weighted by Gasteiger charge is 2.53. The Morgan fingerprint density at radius 2 is 1.67 bits per heavy atom. The van der Waals surface area contributed by atoms with Crippen LogP contribution in [0.5, 0.6) is 0 Å². The summed E-state index contributed by atoms with van der Waals surface area (Å²) < 4.78 is 29.4. The van der Waals surface area contributed by atoms with Gasteiger partial charge in [0.1, 0.15) is 16.9 Å². The largest absolute Gasteiger partial charge is 0.298 e. The zero-order chi connectivity index (χ0) is 17.1. The summed E-state index contributed by atoms with van der Waals surface area (Å²) in [7, 11) is 0. The lowest BCUT2D eigenvalue weighted by Gasteiger charge is -2.35. The van der Waals surface area contributed by atoms with Crippen LogP contribution in [-0.2, 0) is 5.92 Å². The van der Waals surface area contributed by atoms with Crippen LogP contribution in [0.25, 0.3) is 11.0 Å². The first kappa shape index (κ1) is 15.3. The molecule has 6 heteroatoms. The van der Waals surface area contributed by atoms with E-state index < -0.39 is 11.5 Å². The van der Waals surface area contributed by atoms with Crippen molar-refractivity contribution in [2.24, 2.45) is 4.99 Å². The first-order chi connectivity index (χ1) is 11.3. The monoisotopic (exact) mass is 343 g/mol. The summed E-state index contributed by atoms with van der Waals surface area (Å²) in [5, 5.41) is 1.68. The van der Waals surface area contributed by atoms with Crippen LogP contribution in [0.3, 0.4) is 0 Å². The van der Waals surface area contributed by atoms with Crippen LogP contribution in [-0.4, -0.2) is 21.2 Å². The third-order valence-corrected chi connectivity index (χ3v) is 5.27. The molecule has 0 amide bonds. The topological polar surface area (TPSA) is 38.1 Å². The lowest BCUT2D eigenvalue weighted by atomic mass is 9.86. The van der Waals surface area contributed by atoms with Crippen molar-refractivity contribution >= 4 is 28.1 Å². The molecule has 0 N–H and O–H groups in total. The number of thiophene rings is 1. The highest BCUT2D eigenvalue weighted by Crippen LogP contribution is 2.48. The summed E-state index contributed by atoms with van der Waals surface area (Å²) in [6.45, 7) is 4.75. The molecule has 0 aliphatic carbocycles. The van der Waals surface area contributed by atoms with Gasteiger partial charge in [0.25, 0.3) is 5.92 Å². The molecular formula is C18H15F2N3S. The Hall–Kier alpha value is -2.21. The molecule has 1 aliphatic rings. The van der Waals surface area contributed by atoms with E-state index >= 15 is 0 Å². The number of benzene rings is 1. The van der Waals surface area contributed by atoms with Crippen molar-refractivity contribution in [2.45, 2.75) is 32.2 Å². The van der Waals surface area contributed by atoms with Gasteiger partial charge in [-0.15, -0.1) is 11.3 Å². The van der Waals surface area contributed by atoms with Gasteiger partial charge in [-0.1, -0.05) is 12.1 Å². The molecule has 0 saturated carbocycles. The Morgan fingerprint density at radius 3 is 2.38 bits per heavy atom. The molecule has 0 unspecified atom stereocenters. The fourth-order valence-corrected chi connectivity index (χ4v) is 3.86. The number of para-hydroxylation sites is 2. The maximum absolute atomic E-state index is 14.7. The maximum Gasteiger partial charge on any atom is 0.298 e. The van der Waals surface area contributed by atoms with E-state index in [0.29, 0.717) is 22.0 Å². The van der Waals surface area contributed by atoms with Crippen molar-refractivity contribution in [1.82, 2.24) is 9.97 Å². The fourth-order valence-electron chi connectivity index (χ4n) is 2.94. The summed E-state index contributed by atoms with van der Waals surface area (Å²) in [6.07, 6.45) is 0. The predicted molar refractivity (Wildman–Crippen MR) is 92.2 cm³/mol. The number of aliphatic imine (C=N–C) groups is 1. The second-order valence-corrected chi connectivity index (χ2v) is 7.32. The number of halogens is 2. The number of alkyl halides is 2. The normalized spacial score (nSPS) is 18.3. The van der Waals surface area contributed by atoms with E-state index in [-0.39, 0.29) is 5.56 Å². The van der Waals surface area contributed by atoms with E-state index in [9.17, 15) is 8.78 Å². The van der Waals surface area contributed by atoms with Gasteiger partial charge in [0, 0.05) is 5.56 Å². The Balaban J connectivity index is 2.00. The van der Waals surface area contributed by atoms with Gasteiger partial charge in [0.15, 0.2) is 0 Å². The third-order valence-electron chi connectivity index (χ3n) is 4.35. The molecule has 2 aromatic heterocycles. The van der Waals surface area contributed by atoms with Crippen molar-refractivity contribution in [3.05, 3.63) is 57.5 Å². The van der Waals surface area contributed by atoms with E-state index in [1.807, 2.05) is 31.2 Å². The van der Waals surface area contributed by atoms with Gasteiger partial charge in [0.05, 0.1) is 21.6 Å². The van der Waals surface area contributed by atoms with E-state index in [2.05, 4.69) is 15.0 Å². The highest BCUT2D eigenvalue weighted by atomic mass is 32.1. The van der Waals surface area contributed by atoms with E-state index in [4.69, 9.17) is 0 Å². The molecule has 0 atom stereocenters. The van der Waals surface area contributed by atoms with Gasteiger partial charge in [0.2, 0.25) is 0 Å². The maximum atomic E-state index is 14.7. The van der Waals surface area contributed by atoms with E-state index in [1.54, 1.807) is 5.38 Å². The zero-order valence-electron chi connectivity index (χ0n) is 13.5. The van der Waals surface area contributed by atoms with Gasteiger partial charge in [-0.25, -0.2) is 9.97 Å². The first-order valence-electron chi connectivity index (χ1n) is 7.61. The summed E-state index contributed by atoms with van der Waals surface area (Å²) >= 11 is 1.27. The Morgan fingerprint density at radius 1 is 1.00 bits per heavy atom. The van der Waals surface area contributed by atoms with Crippen LogP contribution < -0.4 is 0 Å². The standard InChI is InChI=1S/C18H15F2N3S/c1-10-14(22-13-7-5-4-6-12(13)21-10)15-16-11(8-9-24-16)18(19,20)17(2,3)23-15/h4-9H,1-3H3. The van der Waals surface area contributed by atoms with Crippen molar-refractivity contribution in [3.63, 3.8) is 0 Å². The van der Waals surface area contributed by atoms with Crippen molar-refractivity contribution < 1.29 is 8.78 Å². The van der Waals surface area contributed by atoms with Gasteiger partial charge in [-0.3, -0.25) is 4.99 Å². The summed E-state index contributed by atoms with van der Waals surface area (Å²) in [5.74, 6) is -3.01. The van der Waals surface area contributed by atoms with Crippen LogP contribution in [0.15, 0.2) is 40.7 Å². The van der Waals surface area contributed by atoms with Gasteiger partial charge in [-0.05, 0) is 44.4 Å². The molecule has 0 fully saturated rings. The van der Waals surface area contributed by atoms with Crippen LogP contribution in [0.1, 0.15) is 35.7 Å². The second-order valence-electron chi connectivity index (χ2n) is 6.40. The van der Waals surface area contributed by atoms with Crippen molar-refractivity contribution in [3.8, 4) is 0 Å². The zero-order valence-corrected chi connectivity index (χ0v) is 14.3. The molecule has 0 bridgehead atoms. The number of nitrogens with zero attached hydrogens (tertiary/aromatic N) is 3. The quantitative estimate of drug-likeness (QED) is 0.641. The minimum absolute atomic E-state index is 0.0249. The molecule has 0 spiro atoms. The average molecular weight is 343 g/mol. The number of rotatable bonds is 1. The molecular weight excluding hydrogens is 328 g/mol. The molecule has 3 nitrogen and oxygen atoms in total. The van der Waals surface area contributed by atoms with E-state index in [0.717, 1.165) is 11.0 Å². The number of hydrogen-bond donors (Lipinski definition) is 0. The molecule has 0 radical (unpaired) electrons. The Kier molecular flexibility index (Phi) is 3.12. The number of aryl methyl sites for hydroxylation is 1. The van der Waals surface area contributed by atoms with E-state index in [1.165, 1.54) is 31.3 Å². The third kappa shape index (κ3) is 2.02. The van der Waals surface area contributed by atoms with Gasteiger partial charge >= 0.3 is 0 Å². The molecule has 4 rings (SSSR count). The van der Waals surface area contributed by atoms with Crippen LogP contribution >= 0.6 is 11.3 Å². The smallest absolute Gasteiger partial charge is 0.269 e. The molecule has 3 aromatic rings. The summed E-state index contributed by atoms with van der Waals surface area (Å²) in [4.78, 5) is 14.1. The van der Waals surface area contributed by atoms with Gasteiger partial charge in [-0.2, -0.15) is 8.78 Å². The molecule has 0 saturated heterocycles. The molecule has 1 aromatic carbocycles. The Bertz CT molecular complexity index is 989. The van der Waals surface area contributed by atoms with Crippen molar-refractivity contribution in [1.29, 1.82) is 0 Å². The number of fused-ring (bicyclic) bond motifs is 2. The second kappa shape index (κ2) is 4.89. The molecule has 24 heavy (non-hydrogen) atoms. The minimum Gasteiger partial charge on any atom is -0.269 e. The van der Waals surface area contributed by atoms with Crippen molar-refractivity contribution in [2.75, 3.05) is 0 Å². The van der Waals surface area contributed by atoms with Crippen LogP contribution in [0, 0.1) is 6.92 Å². The minimum atomic E-state index is -3.01. The summed E-state index contributed by atoms with van der Waals surface area (Å²) in [6, 6.07) is 9.02. The van der Waals surface area contributed by atoms with Crippen LogP contribution in [0.4, 0.5) is 8.78 Å². The fraction of sp³-hybridized carbons (Fsp3) is 0.278. The number of aromatic nitrogens is 2. The lowest BCUT2D eigenvalue weighted by Crippen LogP contribution is -2.43. The Labute approximate surface area is 142 Å². The first-order valence-corrected chi connectivity index (χ1v) is 8.49. The highest BCUT2D eigenvalue weighted by molar-refractivity contribution is 7.12. The molecule has 122 valence electrons. The van der Waals surface area contributed by atoms with Crippen LogP contribution in [0.2, 0.25) is 0 Å².